The van der Waals surface area contributed by atoms with Crippen LogP contribution in [0.15, 0.2) is 18.2 Å². The van der Waals surface area contributed by atoms with Gasteiger partial charge in [0.1, 0.15) is 17.3 Å². The zero-order valence-corrected chi connectivity index (χ0v) is 24.3. The maximum atomic E-state index is 15.1. The molecule has 212 valence electrons. The lowest BCUT2D eigenvalue weighted by molar-refractivity contribution is -0.130. The third-order valence-corrected chi connectivity index (χ3v) is 8.35. The van der Waals surface area contributed by atoms with E-state index in [0.29, 0.717) is 43.3 Å². The Morgan fingerprint density at radius 1 is 1.15 bits per heavy atom. The van der Waals surface area contributed by atoms with Gasteiger partial charge in [-0.1, -0.05) is 32.4 Å². The molecule has 0 aliphatic carbocycles. The van der Waals surface area contributed by atoms with Crippen LogP contribution in [0.2, 0.25) is 5.02 Å². The second kappa shape index (κ2) is 11.8. The van der Waals surface area contributed by atoms with Crippen molar-refractivity contribution in [2.75, 3.05) is 26.7 Å². The largest absolute Gasteiger partial charge is 0.359 e. The molecule has 0 radical (unpaired) electrons. The van der Waals surface area contributed by atoms with E-state index in [1.54, 1.807) is 26.1 Å². The molecule has 2 aliphatic rings. The number of benzene rings is 1. The number of amides is 2. The van der Waals surface area contributed by atoms with E-state index >= 15 is 4.39 Å². The molecule has 2 aliphatic heterocycles. The first-order valence-electron chi connectivity index (χ1n) is 13.7. The number of nitrogens with zero attached hydrogens (tertiary/aromatic N) is 4. The second-order valence-electron chi connectivity index (χ2n) is 11.7. The molecule has 1 aromatic carbocycles. The Morgan fingerprint density at radius 3 is 2.44 bits per heavy atom. The van der Waals surface area contributed by atoms with E-state index in [1.165, 1.54) is 6.07 Å². The van der Waals surface area contributed by atoms with Gasteiger partial charge in [0.2, 0.25) is 11.8 Å². The zero-order chi connectivity index (χ0) is 28.5. The van der Waals surface area contributed by atoms with Crippen LogP contribution in [0.25, 0.3) is 11.4 Å². The van der Waals surface area contributed by atoms with E-state index in [1.807, 2.05) is 30.2 Å². The lowest BCUT2D eigenvalue weighted by Crippen LogP contribution is -2.46. The van der Waals surface area contributed by atoms with Gasteiger partial charge in [-0.25, -0.2) is 9.37 Å². The molecule has 1 fully saturated rings. The molecule has 1 saturated heterocycles. The van der Waals surface area contributed by atoms with Crippen LogP contribution in [0.1, 0.15) is 69.6 Å². The number of carbonyl (C=O) groups is 3. The Morgan fingerprint density at radius 2 is 1.85 bits per heavy atom. The molecule has 1 aromatic heterocycles. The molecule has 0 saturated carbocycles. The summed E-state index contributed by atoms with van der Waals surface area (Å²) in [7, 11) is 1.57. The third-order valence-electron chi connectivity index (χ3n) is 8.11. The molecule has 4 rings (SSSR count). The molecule has 0 unspecified atom stereocenters. The van der Waals surface area contributed by atoms with Crippen molar-refractivity contribution in [1.82, 2.24) is 24.7 Å². The number of hydrogen-bond acceptors (Lipinski definition) is 5. The van der Waals surface area contributed by atoms with Crippen LogP contribution >= 0.6 is 11.6 Å². The van der Waals surface area contributed by atoms with E-state index in [-0.39, 0.29) is 35.1 Å². The fraction of sp³-hybridized carbons (Fsp3) is 0.586. The topological polar surface area (TPSA) is 87.5 Å². The van der Waals surface area contributed by atoms with Crippen molar-refractivity contribution in [3.8, 4) is 11.4 Å². The van der Waals surface area contributed by atoms with Gasteiger partial charge in [0.15, 0.2) is 5.78 Å². The summed E-state index contributed by atoms with van der Waals surface area (Å²) in [6, 6.07) is 4.75. The zero-order valence-electron chi connectivity index (χ0n) is 23.5. The number of hydrogen-bond donors (Lipinski definition) is 1. The Kier molecular flexibility index (Phi) is 8.81. The summed E-state index contributed by atoms with van der Waals surface area (Å²) >= 11 is 6.02. The summed E-state index contributed by atoms with van der Waals surface area (Å²) in [6.45, 7) is 10.8. The van der Waals surface area contributed by atoms with Gasteiger partial charge in [-0.2, -0.15) is 0 Å². The van der Waals surface area contributed by atoms with E-state index in [0.717, 1.165) is 31.5 Å². The minimum Gasteiger partial charge on any atom is -0.359 e. The van der Waals surface area contributed by atoms with Crippen molar-refractivity contribution in [2.24, 2.45) is 11.3 Å². The van der Waals surface area contributed by atoms with Gasteiger partial charge in [0.05, 0.1) is 17.2 Å². The molecular formula is C29H39ClFN5O3. The lowest BCUT2D eigenvalue weighted by atomic mass is 9.77. The number of ketones is 1. The molecule has 0 spiro atoms. The van der Waals surface area contributed by atoms with Crippen molar-refractivity contribution in [1.29, 1.82) is 0 Å². The quantitative estimate of drug-likeness (QED) is 0.525. The smallest absolute Gasteiger partial charge is 0.223 e. The highest BCUT2D eigenvalue weighted by atomic mass is 35.5. The Hall–Kier alpha value is -2.78. The number of fused-ring (bicyclic) bond motifs is 1. The minimum absolute atomic E-state index is 0.00667. The molecule has 3 heterocycles. The molecule has 2 amide bonds. The van der Waals surface area contributed by atoms with Crippen LogP contribution in [-0.2, 0) is 22.7 Å². The molecule has 2 aromatic rings. The molecular weight excluding hydrogens is 521 g/mol. The third kappa shape index (κ3) is 6.35. The van der Waals surface area contributed by atoms with Crippen LogP contribution in [0.4, 0.5) is 4.39 Å². The molecule has 1 N–H and O–H groups in total. The van der Waals surface area contributed by atoms with Gasteiger partial charge in [0.25, 0.3) is 0 Å². The van der Waals surface area contributed by atoms with Gasteiger partial charge in [-0.15, -0.1) is 0 Å². The number of Topliss-reactive ketones (excluding diaryl/α,β-unsaturated/α-hetero) is 1. The summed E-state index contributed by atoms with van der Waals surface area (Å²) in [5.41, 5.74) is 0.904. The monoisotopic (exact) mass is 559 g/mol. The number of imidazole rings is 1. The average molecular weight is 560 g/mol. The van der Waals surface area contributed by atoms with E-state index in [2.05, 4.69) is 10.2 Å². The number of likely N-dealkylation sites (tertiary alicyclic amines) is 1. The van der Waals surface area contributed by atoms with E-state index in [9.17, 15) is 14.4 Å². The molecule has 39 heavy (non-hydrogen) atoms. The average Bonchev–Trinajstić information content (AvgIpc) is 3.08. The Labute approximate surface area is 234 Å². The number of rotatable bonds is 6. The maximum absolute atomic E-state index is 15.1. The summed E-state index contributed by atoms with van der Waals surface area (Å²) < 4.78 is 17.1. The van der Waals surface area contributed by atoms with Crippen molar-refractivity contribution < 1.29 is 18.8 Å². The number of aromatic nitrogens is 2. The van der Waals surface area contributed by atoms with Crippen LogP contribution in [0, 0.1) is 17.2 Å². The van der Waals surface area contributed by atoms with Crippen LogP contribution in [0.5, 0.6) is 0 Å². The van der Waals surface area contributed by atoms with E-state index in [4.69, 9.17) is 16.6 Å². The summed E-state index contributed by atoms with van der Waals surface area (Å²) in [5, 5.41) is 2.98. The van der Waals surface area contributed by atoms with Gasteiger partial charge >= 0.3 is 0 Å². The number of halogens is 2. The highest BCUT2D eigenvalue weighted by Gasteiger charge is 2.36. The summed E-state index contributed by atoms with van der Waals surface area (Å²) in [6.07, 6.45) is 2.54. The van der Waals surface area contributed by atoms with Gasteiger partial charge in [-0.3, -0.25) is 19.3 Å². The highest BCUT2D eigenvalue weighted by molar-refractivity contribution is 6.30. The first-order chi connectivity index (χ1) is 18.4. The normalized spacial score (nSPS) is 17.9. The van der Waals surface area contributed by atoms with Crippen molar-refractivity contribution in [2.45, 2.75) is 72.5 Å². The molecule has 1 atom stereocenters. The van der Waals surface area contributed by atoms with Crippen molar-refractivity contribution >= 4 is 29.2 Å². The fourth-order valence-corrected chi connectivity index (χ4v) is 5.96. The minimum atomic E-state index is -0.541. The van der Waals surface area contributed by atoms with Crippen molar-refractivity contribution in [3.05, 3.63) is 40.4 Å². The summed E-state index contributed by atoms with van der Waals surface area (Å²) in [4.78, 5) is 47.4. The number of nitrogens with one attached hydrogen (secondary N) is 1. The molecule has 10 heteroatoms. The van der Waals surface area contributed by atoms with Crippen molar-refractivity contribution in [3.63, 3.8) is 0 Å². The lowest BCUT2D eigenvalue weighted by Gasteiger charge is -2.37. The predicted molar refractivity (Wildman–Crippen MR) is 149 cm³/mol. The van der Waals surface area contributed by atoms with Gasteiger partial charge < -0.3 is 14.8 Å². The molecule has 8 nitrogen and oxygen atoms in total. The van der Waals surface area contributed by atoms with Gasteiger partial charge in [0, 0.05) is 64.2 Å². The summed E-state index contributed by atoms with van der Waals surface area (Å²) in [5.74, 6) is -0.955. The Bertz CT molecular complexity index is 1250. The number of carbonyl (C=O) groups excluding carboxylic acids is 3. The van der Waals surface area contributed by atoms with Gasteiger partial charge in [-0.05, 0) is 42.9 Å². The predicted octanol–water partition coefficient (Wildman–Crippen LogP) is 4.54. The second-order valence-corrected chi connectivity index (χ2v) is 12.2. The maximum Gasteiger partial charge on any atom is 0.223 e. The SMILES string of the molecule is CNC(=O)[C@@H](CC(=O)c1nc(-c2ccc(Cl)cc2F)n2c1CN(C1CCN(C(C)=O)CC1)CCC2)C(C)(C)C. The highest BCUT2D eigenvalue weighted by Crippen LogP contribution is 2.34. The first-order valence-corrected chi connectivity index (χ1v) is 14.1. The standard InChI is InChI=1S/C29H39ClFN5O3/c1-18(37)34-13-9-20(10-14-34)35-11-6-12-36-24(17-35)26(25(38)16-22(28(39)32-5)29(2,3)4)33-27(36)21-8-7-19(30)15-23(21)31/h7-8,15,20,22H,6,9-14,16-17H2,1-5H3,(H,32,39)/t22-/m1/s1. The van der Waals surface area contributed by atoms with Crippen LogP contribution in [0.3, 0.4) is 0 Å². The molecule has 0 bridgehead atoms. The van der Waals surface area contributed by atoms with Crippen LogP contribution < -0.4 is 5.32 Å². The Balaban J connectivity index is 1.72. The number of piperidine rings is 1. The van der Waals surface area contributed by atoms with Crippen LogP contribution in [-0.4, -0.2) is 69.7 Å². The fourth-order valence-electron chi connectivity index (χ4n) is 5.80. The first kappa shape index (κ1) is 29.2. The van der Waals surface area contributed by atoms with E-state index < -0.39 is 17.2 Å².